The van der Waals surface area contributed by atoms with E-state index in [1.54, 1.807) is 21.0 Å². The number of likely N-dealkylation sites (N-methyl/N-ethyl adjacent to an activating group) is 1. The van der Waals surface area contributed by atoms with Gasteiger partial charge >= 0.3 is 5.97 Å². The molecule has 0 heterocycles. The number of nitrogens with zero attached hydrogens (tertiary/aromatic N) is 1. The zero-order valence-corrected chi connectivity index (χ0v) is 8.90. The van der Waals surface area contributed by atoms with Crippen molar-refractivity contribution < 1.29 is 14.3 Å². The van der Waals surface area contributed by atoms with E-state index >= 15 is 0 Å². The van der Waals surface area contributed by atoms with E-state index in [4.69, 9.17) is 0 Å². The van der Waals surface area contributed by atoms with Gasteiger partial charge < -0.3 is 15.0 Å². The summed E-state index contributed by atoms with van der Waals surface area (Å²) in [6, 6.07) is -0.356. The monoisotopic (exact) mass is 200 g/mol. The predicted molar refractivity (Wildman–Crippen MR) is 52.4 cm³/mol. The maximum atomic E-state index is 11.3. The van der Waals surface area contributed by atoms with Crippen LogP contribution in [0.4, 0.5) is 0 Å². The number of carbonyl (C=O) groups excluding carboxylic acids is 2. The molecule has 0 aliphatic rings. The Labute approximate surface area is 83.7 Å². The molecule has 0 saturated carbocycles. The quantitative estimate of drug-likeness (QED) is 0.501. The van der Waals surface area contributed by atoms with Gasteiger partial charge in [-0.3, -0.25) is 4.79 Å². The topological polar surface area (TPSA) is 58.6 Å². The van der Waals surface area contributed by atoms with Gasteiger partial charge in [0.15, 0.2) is 0 Å². The van der Waals surface area contributed by atoms with E-state index in [0.29, 0.717) is 0 Å². The molecule has 0 spiro atoms. The van der Waals surface area contributed by atoms with Gasteiger partial charge in [0, 0.05) is 26.4 Å². The van der Waals surface area contributed by atoms with Gasteiger partial charge in [0.05, 0.1) is 7.11 Å². The molecule has 5 heteroatoms. The second-order valence-corrected chi connectivity index (χ2v) is 2.98. The third kappa shape index (κ3) is 4.49. The number of esters is 1. The van der Waals surface area contributed by atoms with Crippen LogP contribution >= 0.6 is 0 Å². The molecule has 0 bridgehead atoms. The highest BCUT2D eigenvalue weighted by Gasteiger charge is 2.11. The first-order chi connectivity index (χ1) is 6.49. The Morgan fingerprint density at radius 1 is 1.43 bits per heavy atom. The predicted octanol–water partition coefficient (Wildman–Crippen LogP) is -0.261. The molecule has 1 N–H and O–H groups in total. The lowest BCUT2D eigenvalue weighted by Gasteiger charge is -2.16. The number of ether oxygens (including phenoxy) is 1. The number of rotatable bonds is 4. The Bertz CT molecular complexity index is 236. The second kappa shape index (κ2) is 6.01. The summed E-state index contributed by atoms with van der Waals surface area (Å²) in [6.45, 7) is 1.71. The average molecular weight is 200 g/mol. The molecule has 1 unspecified atom stereocenters. The SMILES string of the molecule is COC(=O)/C=C/NC(C)C(=O)N(C)C. The first-order valence-corrected chi connectivity index (χ1v) is 4.20. The minimum absolute atomic E-state index is 0.0560. The molecule has 0 fully saturated rings. The Morgan fingerprint density at radius 3 is 2.43 bits per heavy atom. The molecular formula is C9H16N2O3. The number of amides is 1. The van der Waals surface area contributed by atoms with Gasteiger partial charge in [0.2, 0.25) is 5.91 Å². The van der Waals surface area contributed by atoms with Crippen LogP contribution in [0.1, 0.15) is 6.92 Å². The van der Waals surface area contributed by atoms with E-state index in [2.05, 4.69) is 10.1 Å². The summed E-state index contributed by atoms with van der Waals surface area (Å²) in [5, 5.41) is 2.76. The van der Waals surface area contributed by atoms with Crippen LogP contribution in [-0.2, 0) is 14.3 Å². The molecule has 0 saturated heterocycles. The Balaban J connectivity index is 3.96. The van der Waals surface area contributed by atoms with Crippen molar-refractivity contribution in [3.8, 4) is 0 Å². The fourth-order valence-electron chi connectivity index (χ4n) is 0.787. The molecule has 0 aromatic carbocycles. The van der Waals surface area contributed by atoms with Crippen molar-refractivity contribution in [3.05, 3.63) is 12.3 Å². The van der Waals surface area contributed by atoms with Crippen LogP contribution in [0, 0.1) is 0 Å². The van der Waals surface area contributed by atoms with Crippen LogP contribution in [0.25, 0.3) is 0 Å². The van der Waals surface area contributed by atoms with Crippen molar-refractivity contribution in [2.45, 2.75) is 13.0 Å². The summed E-state index contributed by atoms with van der Waals surface area (Å²) in [5.41, 5.74) is 0. The average Bonchev–Trinajstić information content (AvgIpc) is 2.15. The lowest BCUT2D eigenvalue weighted by Crippen LogP contribution is -2.39. The van der Waals surface area contributed by atoms with Crippen molar-refractivity contribution >= 4 is 11.9 Å². The van der Waals surface area contributed by atoms with Gasteiger partial charge in [-0.15, -0.1) is 0 Å². The molecule has 0 aliphatic carbocycles. The van der Waals surface area contributed by atoms with E-state index in [1.807, 2.05) is 0 Å². The molecule has 0 aromatic rings. The van der Waals surface area contributed by atoms with E-state index in [1.165, 1.54) is 24.3 Å². The van der Waals surface area contributed by atoms with Gasteiger partial charge in [0.1, 0.15) is 6.04 Å². The fourth-order valence-corrected chi connectivity index (χ4v) is 0.787. The Kier molecular flexibility index (Phi) is 5.36. The standard InChI is InChI=1S/C9H16N2O3/c1-7(9(13)11(2)3)10-6-5-8(12)14-4/h5-7,10H,1-4H3/b6-5+. The third-order valence-electron chi connectivity index (χ3n) is 1.58. The Morgan fingerprint density at radius 2 is 2.00 bits per heavy atom. The smallest absolute Gasteiger partial charge is 0.331 e. The van der Waals surface area contributed by atoms with E-state index in [9.17, 15) is 9.59 Å². The first kappa shape index (κ1) is 12.5. The fraction of sp³-hybridized carbons (Fsp3) is 0.556. The van der Waals surface area contributed by atoms with Crippen LogP contribution in [0.3, 0.4) is 0 Å². The van der Waals surface area contributed by atoms with E-state index in [0.717, 1.165) is 0 Å². The lowest BCUT2D eigenvalue weighted by atomic mass is 10.3. The largest absolute Gasteiger partial charge is 0.466 e. The van der Waals surface area contributed by atoms with E-state index < -0.39 is 5.97 Å². The normalized spacial score (nSPS) is 12.3. The van der Waals surface area contributed by atoms with Crippen LogP contribution in [0.2, 0.25) is 0 Å². The highest BCUT2D eigenvalue weighted by Crippen LogP contribution is 1.88. The summed E-state index contributed by atoms with van der Waals surface area (Å²) in [5.74, 6) is -0.512. The minimum Gasteiger partial charge on any atom is -0.466 e. The molecule has 0 radical (unpaired) electrons. The van der Waals surface area contributed by atoms with E-state index in [-0.39, 0.29) is 11.9 Å². The molecule has 1 amide bonds. The number of hydrogen-bond donors (Lipinski definition) is 1. The van der Waals surface area contributed by atoms with Gasteiger partial charge in [-0.25, -0.2) is 4.79 Å². The molecule has 0 aliphatic heterocycles. The number of hydrogen-bond acceptors (Lipinski definition) is 4. The van der Waals surface area contributed by atoms with Crippen molar-refractivity contribution in [2.24, 2.45) is 0 Å². The molecule has 0 aromatic heterocycles. The summed E-state index contributed by atoms with van der Waals surface area (Å²) in [4.78, 5) is 23.4. The summed E-state index contributed by atoms with van der Waals surface area (Å²) >= 11 is 0. The van der Waals surface area contributed by atoms with Crippen LogP contribution < -0.4 is 5.32 Å². The lowest BCUT2D eigenvalue weighted by molar-refractivity contribution is -0.135. The van der Waals surface area contributed by atoms with Gasteiger partial charge in [-0.05, 0) is 6.92 Å². The molecule has 5 nitrogen and oxygen atoms in total. The highest BCUT2D eigenvalue weighted by molar-refractivity contribution is 5.83. The molecular weight excluding hydrogens is 184 g/mol. The second-order valence-electron chi connectivity index (χ2n) is 2.98. The number of carbonyl (C=O) groups is 2. The summed E-state index contributed by atoms with van der Waals surface area (Å²) < 4.78 is 4.38. The van der Waals surface area contributed by atoms with Crippen molar-refractivity contribution in [1.82, 2.24) is 10.2 Å². The Hall–Kier alpha value is -1.52. The first-order valence-electron chi connectivity index (χ1n) is 4.20. The third-order valence-corrected chi connectivity index (χ3v) is 1.58. The van der Waals surface area contributed by atoms with Crippen LogP contribution in [0.15, 0.2) is 12.3 Å². The highest BCUT2D eigenvalue weighted by atomic mass is 16.5. The van der Waals surface area contributed by atoms with Gasteiger partial charge in [0.25, 0.3) is 0 Å². The number of nitrogens with one attached hydrogen (secondary N) is 1. The van der Waals surface area contributed by atoms with Crippen LogP contribution in [0.5, 0.6) is 0 Å². The molecule has 0 rings (SSSR count). The minimum atomic E-state index is -0.456. The summed E-state index contributed by atoms with van der Waals surface area (Å²) in [7, 11) is 4.64. The maximum Gasteiger partial charge on any atom is 0.331 e. The van der Waals surface area contributed by atoms with Crippen molar-refractivity contribution in [2.75, 3.05) is 21.2 Å². The van der Waals surface area contributed by atoms with Gasteiger partial charge in [-0.1, -0.05) is 0 Å². The van der Waals surface area contributed by atoms with Crippen LogP contribution in [-0.4, -0.2) is 44.0 Å². The maximum absolute atomic E-state index is 11.3. The zero-order valence-electron chi connectivity index (χ0n) is 8.90. The zero-order chi connectivity index (χ0) is 11.1. The summed E-state index contributed by atoms with van der Waals surface area (Å²) in [6.07, 6.45) is 2.62. The van der Waals surface area contributed by atoms with Crippen molar-refractivity contribution in [1.29, 1.82) is 0 Å². The van der Waals surface area contributed by atoms with Gasteiger partial charge in [-0.2, -0.15) is 0 Å². The van der Waals surface area contributed by atoms with Crippen molar-refractivity contribution in [3.63, 3.8) is 0 Å². The molecule has 1 atom stereocenters. The molecule has 14 heavy (non-hydrogen) atoms. The molecule has 80 valence electrons. The number of methoxy groups -OCH3 is 1.